The lowest BCUT2D eigenvalue weighted by Crippen LogP contribution is -1.78. The van der Waals surface area contributed by atoms with E-state index < -0.39 is 0 Å². The van der Waals surface area contributed by atoms with Crippen LogP contribution in [0.1, 0.15) is 78.1 Å². The van der Waals surface area contributed by atoms with Crippen molar-refractivity contribution in [2.45, 2.75) is 78.1 Å². The fourth-order valence-electron chi connectivity index (χ4n) is 1.74. The molecule has 0 fully saturated rings. The van der Waals surface area contributed by atoms with Gasteiger partial charge in [0, 0.05) is 0 Å². The van der Waals surface area contributed by atoms with Gasteiger partial charge in [0.05, 0.1) is 0 Å². The Morgan fingerprint density at radius 3 is 1.75 bits per heavy atom. The van der Waals surface area contributed by atoms with Gasteiger partial charge in [0.1, 0.15) is 0 Å². The van der Waals surface area contributed by atoms with Crippen molar-refractivity contribution in [1.82, 2.24) is 0 Å². The van der Waals surface area contributed by atoms with Crippen LogP contribution >= 0.6 is 0 Å². The summed E-state index contributed by atoms with van der Waals surface area (Å²) in [5.74, 6) is 0. The standard InChI is InChI=1S/C16H30/c1-3-5-7-9-11-13-15-16-14-12-10-8-6-4-2/h7,9,11,13H,3-6,8,10,12,14-16H2,1-2H3/b9-7?,13-11-. The van der Waals surface area contributed by atoms with Gasteiger partial charge in [-0.3, -0.25) is 0 Å². The van der Waals surface area contributed by atoms with Crippen LogP contribution < -0.4 is 0 Å². The summed E-state index contributed by atoms with van der Waals surface area (Å²) in [6.45, 7) is 4.49. The molecule has 94 valence electrons. The Hall–Kier alpha value is -0.520. The number of hydrogen-bond acceptors (Lipinski definition) is 0. The van der Waals surface area contributed by atoms with Gasteiger partial charge in [0.15, 0.2) is 0 Å². The van der Waals surface area contributed by atoms with Gasteiger partial charge in [-0.15, -0.1) is 0 Å². The van der Waals surface area contributed by atoms with Crippen LogP contribution in [0.2, 0.25) is 0 Å². The predicted octanol–water partition coefficient (Wildman–Crippen LogP) is 6.04. The molecule has 0 radical (unpaired) electrons. The Morgan fingerprint density at radius 2 is 1.12 bits per heavy atom. The van der Waals surface area contributed by atoms with Crippen LogP contribution in [0.4, 0.5) is 0 Å². The second-order valence-corrected chi connectivity index (χ2v) is 4.55. The van der Waals surface area contributed by atoms with Gasteiger partial charge in [-0.25, -0.2) is 0 Å². The van der Waals surface area contributed by atoms with Crippen molar-refractivity contribution in [3.8, 4) is 0 Å². The molecule has 0 heterocycles. The van der Waals surface area contributed by atoms with Gasteiger partial charge in [-0.2, -0.15) is 0 Å². The Morgan fingerprint density at radius 1 is 0.562 bits per heavy atom. The van der Waals surface area contributed by atoms with E-state index in [1.165, 1.54) is 64.2 Å². The SMILES string of the molecule is CCCC=C/C=C\CCCCCCCCC. The molecule has 0 nitrogen and oxygen atoms in total. The van der Waals surface area contributed by atoms with Gasteiger partial charge in [0.25, 0.3) is 0 Å². The number of unbranched alkanes of at least 4 members (excludes halogenated alkanes) is 8. The van der Waals surface area contributed by atoms with Crippen LogP contribution in [0, 0.1) is 0 Å². The maximum Gasteiger partial charge on any atom is -0.0348 e. The van der Waals surface area contributed by atoms with Gasteiger partial charge in [0.2, 0.25) is 0 Å². The fourth-order valence-corrected chi connectivity index (χ4v) is 1.74. The molecule has 0 aromatic heterocycles. The van der Waals surface area contributed by atoms with Gasteiger partial charge < -0.3 is 0 Å². The summed E-state index contributed by atoms with van der Waals surface area (Å²) in [5.41, 5.74) is 0. The summed E-state index contributed by atoms with van der Waals surface area (Å²) in [6, 6.07) is 0. The number of hydrogen-bond donors (Lipinski definition) is 0. The molecule has 0 N–H and O–H groups in total. The highest BCUT2D eigenvalue weighted by Gasteiger charge is 1.88. The molecule has 0 aliphatic rings. The molecule has 0 heteroatoms. The van der Waals surface area contributed by atoms with Crippen LogP contribution in [0.25, 0.3) is 0 Å². The molecule has 0 saturated heterocycles. The molecule has 0 amide bonds. The lowest BCUT2D eigenvalue weighted by Gasteiger charge is -1.98. The molecule has 0 saturated carbocycles. The third-order valence-corrected chi connectivity index (χ3v) is 2.81. The minimum absolute atomic E-state index is 1.21. The van der Waals surface area contributed by atoms with Crippen molar-refractivity contribution in [3.05, 3.63) is 24.3 Å². The maximum absolute atomic E-state index is 2.30. The first-order valence-electron chi connectivity index (χ1n) is 7.23. The first-order valence-corrected chi connectivity index (χ1v) is 7.23. The quantitative estimate of drug-likeness (QED) is 0.295. The molecule has 0 bridgehead atoms. The molecular formula is C16H30. The minimum Gasteiger partial charge on any atom is -0.0846 e. The minimum atomic E-state index is 1.21. The zero-order valence-corrected chi connectivity index (χ0v) is 11.4. The zero-order valence-electron chi connectivity index (χ0n) is 11.4. The van der Waals surface area contributed by atoms with Crippen LogP contribution in [0.3, 0.4) is 0 Å². The molecule has 0 rings (SSSR count). The Balaban J connectivity index is 3.08. The Bertz CT molecular complexity index is 165. The summed E-state index contributed by atoms with van der Waals surface area (Å²) >= 11 is 0. The summed E-state index contributed by atoms with van der Waals surface area (Å²) in [4.78, 5) is 0. The second-order valence-electron chi connectivity index (χ2n) is 4.55. The third kappa shape index (κ3) is 13.5. The van der Waals surface area contributed by atoms with E-state index in [-0.39, 0.29) is 0 Å². The summed E-state index contributed by atoms with van der Waals surface area (Å²) in [6.07, 6.45) is 22.5. The largest absolute Gasteiger partial charge is 0.0846 e. The average Bonchev–Trinajstić information content (AvgIpc) is 2.31. The molecule has 0 atom stereocenters. The van der Waals surface area contributed by atoms with Gasteiger partial charge >= 0.3 is 0 Å². The smallest absolute Gasteiger partial charge is 0.0348 e. The highest BCUT2D eigenvalue weighted by Crippen LogP contribution is 2.08. The zero-order chi connectivity index (χ0) is 11.9. The van der Waals surface area contributed by atoms with E-state index in [0.717, 1.165) is 0 Å². The van der Waals surface area contributed by atoms with Crippen molar-refractivity contribution >= 4 is 0 Å². The number of allylic oxidation sites excluding steroid dienone is 4. The molecule has 0 spiro atoms. The third-order valence-electron chi connectivity index (χ3n) is 2.81. The normalized spacial score (nSPS) is 11.9. The van der Waals surface area contributed by atoms with Crippen molar-refractivity contribution in [1.29, 1.82) is 0 Å². The monoisotopic (exact) mass is 222 g/mol. The molecule has 0 unspecified atom stereocenters. The maximum atomic E-state index is 2.30. The average molecular weight is 222 g/mol. The van der Waals surface area contributed by atoms with E-state index >= 15 is 0 Å². The second kappa shape index (κ2) is 14.5. The van der Waals surface area contributed by atoms with Crippen molar-refractivity contribution in [2.24, 2.45) is 0 Å². The van der Waals surface area contributed by atoms with Gasteiger partial charge in [-0.05, 0) is 19.3 Å². The lowest BCUT2D eigenvalue weighted by atomic mass is 10.1. The van der Waals surface area contributed by atoms with E-state index in [0.29, 0.717) is 0 Å². The summed E-state index contributed by atoms with van der Waals surface area (Å²) < 4.78 is 0. The highest BCUT2D eigenvalue weighted by atomic mass is 13.9. The van der Waals surface area contributed by atoms with Crippen LogP contribution in [-0.2, 0) is 0 Å². The Labute approximate surface area is 103 Å². The number of rotatable bonds is 11. The topological polar surface area (TPSA) is 0 Å². The van der Waals surface area contributed by atoms with E-state index in [4.69, 9.17) is 0 Å². The molecule has 0 aliphatic carbocycles. The van der Waals surface area contributed by atoms with Gasteiger partial charge in [-0.1, -0.05) is 83.1 Å². The Kier molecular flexibility index (Phi) is 14.0. The highest BCUT2D eigenvalue weighted by molar-refractivity contribution is 5.02. The van der Waals surface area contributed by atoms with Crippen molar-refractivity contribution < 1.29 is 0 Å². The van der Waals surface area contributed by atoms with Crippen molar-refractivity contribution in [2.75, 3.05) is 0 Å². The van der Waals surface area contributed by atoms with Crippen LogP contribution in [-0.4, -0.2) is 0 Å². The lowest BCUT2D eigenvalue weighted by molar-refractivity contribution is 0.592. The molecule has 0 aromatic carbocycles. The van der Waals surface area contributed by atoms with Crippen LogP contribution in [0.15, 0.2) is 24.3 Å². The first kappa shape index (κ1) is 15.5. The molecule has 16 heavy (non-hydrogen) atoms. The first-order chi connectivity index (χ1) is 7.91. The molecule has 0 aliphatic heterocycles. The predicted molar refractivity (Wildman–Crippen MR) is 75.8 cm³/mol. The van der Waals surface area contributed by atoms with E-state index in [2.05, 4.69) is 38.2 Å². The van der Waals surface area contributed by atoms with E-state index in [9.17, 15) is 0 Å². The summed E-state index contributed by atoms with van der Waals surface area (Å²) in [7, 11) is 0. The van der Waals surface area contributed by atoms with Crippen LogP contribution in [0.5, 0.6) is 0 Å². The van der Waals surface area contributed by atoms with Crippen molar-refractivity contribution in [3.63, 3.8) is 0 Å². The van der Waals surface area contributed by atoms with E-state index in [1.54, 1.807) is 0 Å². The molecule has 0 aromatic rings. The fraction of sp³-hybridized carbons (Fsp3) is 0.750. The molecular weight excluding hydrogens is 192 g/mol. The van der Waals surface area contributed by atoms with E-state index in [1.807, 2.05) is 0 Å². The summed E-state index contributed by atoms with van der Waals surface area (Å²) in [5, 5.41) is 0.